The van der Waals surface area contributed by atoms with Crippen molar-refractivity contribution in [3.8, 4) is 0 Å². The highest BCUT2D eigenvalue weighted by Gasteiger charge is 2.51. The summed E-state index contributed by atoms with van der Waals surface area (Å²) < 4.78 is 13.5. The van der Waals surface area contributed by atoms with Gasteiger partial charge in [0.2, 0.25) is 0 Å². The summed E-state index contributed by atoms with van der Waals surface area (Å²) in [5.74, 6) is 2.51. The van der Waals surface area contributed by atoms with Crippen LogP contribution in [0.1, 0.15) is 107 Å². The van der Waals surface area contributed by atoms with E-state index in [4.69, 9.17) is 9.47 Å². The van der Waals surface area contributed by atoms with Gasteiger partial charge in [-0.1, -0.05) is 62.6 Å². The number of urea groups is 1. The third-order valence-corrected chi connectivity index (χ3v) is 11.3. The number of nitrogens with zero attached hydrogens (tertiary/aromatic N) is 1. The van der Waals surface area contributed by atoms with Crippen molar-refractivity contribution in [3.05, 3.63) is 65.2 Å². The largest absolute Gasteiger partial charge is 0.392 e. The van der Waals surface area contributed by atoms with Crippen LogP contribution < -0.4 is 10.6 Å². The van der Waals surface area contributed by atoms with Crippen LogP contribution in [0.4, 0.5) is 10.5 Å². The van der Waals surface area contributed by atoms with Crippen LogP contribution in [-0.4, -0.2) is 47.3 Å². The Morgan fingerprint density at radius 1 is 0.886 bits per heavy atom. The molecule has 44 heavy (non-hydrogen) atoms. The molecular weight excluding hydrogens is 550 g/mol. The third-order valence-electron chi connectivity index (χ3n) is 11.3. The molecule has 2 aliphatic heterocycles. The van der Waals surface area contributed by atoms with Crippen molar-refractivity contribution in [2.45, 2.75) is 108 Å². The van der Waals surface area contributed by atoms with E-state index in [0.29, 0.717) is 0 Å². The van der Waals surface area contributed by atoms with Crippen molar-refractivity contribution in [1.82, 2.24) is 10.2 Å². The molecule has 238 valence electrons. The summed E-state index contributed by atoms with van der Waals surface area (Å²) in [6.07, 6.45) is 13.2. The monoisotopic (exact) mass is 601 g/mol. The number of likely N-dealkylation sites (tertiary alicyclic amines) is 1. The first-order valence-corrected chi connectivity index (χ1v) is 17.4. The van der Waals surface area contributed by atoms with Crippen LogP contribution >= 0.6 is 0 Å². The number of nitrogens with one attached hydrogen (secondary N) is 2. The van der Waals surface area contributed by atoms with Gasteiger partial charge in [0.15, 0.2) is 6.29 Å². The average Bonchev–Trinajstić information content (AvgIpc) is 2.98. The smallest absolute Gasteiger partial charge is 0.319 e. The molecule has 7 heteroatoms. The minimum Gasteiger partial charge on any atom is -0.392 e. The Bertz CT molecular complexity index is 1240. The van der Waals surface area contributed by atoms with E-state index in [9.17, 15) is 9.90 Å². The second-order valence-electron chi connectivity index (χ2n) is 14.8. The van der Waals surface area contributed by atoms with Crippen molar-refractivity contribution in [2.24, 2.45) is 23.7 Å². The zero-order chi connectivity index (χ0) is 30.1. The van der Waals surface area contributed by atoms with Gasteiger partial charge in [-0.15, -0.1) is 0 Å². The van der Waals surface area contributed by atoms with E-state index >= 15 is 0 Å². The fourth-order valence-corrected chi connectivity index (χ4v) is 9.51. The molecule has 0 spiro atoms. The summed E-state index contributed by atoms with van der Waals surface area (Å²) in [5, 5.41) is 16.2. The van der Waals surface area contributed by atoms with Crippen LogP contribution in [0.25, 0.3) is 0 Å². The molecule has 0 unspecified atom stereocenters. The molecule has 4 aliphatic carbocycles. The van der Waals surface area contributed by atoms with E-state index < -0.39 is 6.29 Å². The fourth-order valence-electron chi connectivity index (χ4n) is 9.51. The van der Waals surface area contributed by atoms with Gasteiger partial charge in [0.05, 0.1) is 18.8 Å². The first-order valence-electron chi connectivity index (χ1n) is 17.4. The number of amides is 2. The summed E-state index contributed by atoms with van der Waals surface area (Å²) in [6.45, 7) is 5.39. The molecule has 2 saturated heterocycles. The highest BCUT2D eigenvalue weighted by atomic mass is 16.7. The number of anilines is 1. The van der Waals surface area contributed by atoms with E-state index in [2.05, 4.69) is 34.6 Å². The number of aliphatic hydroxyl groups excluding tert-OH is 1. The standard InChI is InChI=1S/C37H51N3O4/c1-25-33(23-40-14-5-3-2-4-6-15-40)43-35(44-34(25)30-12-10-26(24-41)11-13-30)31-8-7-9-32(19-31)38-36(42)39-37-20-27-16-28(21-37)18-29(17-27)22-37/h7-13,19,25,27-29,33-35,41H,2-6,14-18,20-24H2,1H3,(H2,38,39,42)/t25-,27?,28?,29?,33+,34+,35+,37?/m1/s1. The lowest BCUT2D eigenvalue weighted by atomic mass is 9.53. The second kappa shape index (κ2) is 13.1. The maximum absolute atomic E-state index is 13.3. The molecule has 6 fully saturated rings. The van der Waals surface area contributed by atoms with Gasteiger partial charge in [-0.3, -0.25) is 0 Å². The number of benzene rings is 2. The van der Waals surface area contributed by atoms with Crippen molar-refractivity contribution >= 4 is 11.7 Å². The quantitative estimate of drug-likeness (QED) is 0.310. The van der Waals surface area contributed by atoms with E-state index in [0.717, 1.165) is 79.0 Å². The van der Waals surface area contributed by atoms with Gasteiger partial charge in [0.25, 0.3) is 0 Å². The maximum Gasteiger partial charge on any atom is 0.319 e. The average molecular weight is 602 g/mol. The van der Waals surface area contributed by atoms with E-state index in [1.165, 1.54) is 51.4 Å². The summed E-state index contributed by atoms with van der Waals surface area (Å²) in [6, 6.07) is 16.0. The molecule has 2 heterocycles. The van der Waals surface area contributed by atoms with Gasteiger partial charge < -0.3 is 30.1 Å². The van der Waals surface area contributed by atoms with Crippen LogP contribution in [0.3, 0.4) is 0 Å². The molecular formula is C37H51N3O4. The number of rotatable bonds is 7. The minimum atomic E-state index is -0.540. The van der Waals surface area contributed by atoms with Crippen LogP contribution in [-0.2, 0) is 16.1 Å². The molecule has 0 radical (unpaired) electrons. The number of aliphatic hydroxyl groups is 1. The van der Waals surface area contributed by atoms with E-state index in [-0.39, 0.29) is 36.3 Å². The summed E-state index contributed by atoms with van der Waals surface area (Å²) >= 11 is 0. The first-order chi connectivity index (χ1) is 21.4. The van der Waals surface area contributed by atoms with Crippen LogP contribution in [0.2, 0.25) is 0 Å². The Morgan fingerprint density at radius 2 is 1.55 bits per heavy atom. The van der Waals surface area contributed by atoms with Crippen LogP contribution in [0, 0.1) is 23.7 Å². The van der Waals surface area contributed by atoms with Gasteiger partial charge in [0, 0.05) is 29.3 Å². The number of hydrogen-bond acceptors (Lipinski definition) is 5. The van der Waals surface area contributed by atoms with E-state index in [1.54, 1.807) is 0 Å². The Kier molecular flexibility index (Phi) is 9.01. The molecule has 8 rings (SSSR count). The van der Waals surface area contributed by atoms with Gasteiger partial charge >= 0.3 is 6.03 Å². The molecule has 0 aromatic heterocycles. The molecule has 2 aromatic carbocycles. The second-order valence-corrected chi connectivity index (χ2v) is 14.8. The molecule has 6 aliphatic rings. The molecule has 4 bridgehead atoms. The Morgan fingerprint density at radius 3 is 2.20 bits per heavy atom. The normalized spacial score (nSPS) is 35.5. The SMILES string of the molecule is C[C@@H]1[C@H](CN2CCCCCCC2)O[C@H](c2cccc(NC(=O)NC34CC5CC(CC(C5)C3)C4)c2)O[C@@H]1c1ccc(CO)cc1. The molecule has 3 N–H and O–H groups in total. The Balaban J connectivity index is 1.07. The molecule has 2 amide bonds. The predicted molar refractivity (Wildman–Crippen MR) is 172 cm³/mol. The molecule has 7 nitrogen and oxygen atoms in total. The molecule has 4 saturated carbocycles. The van der Waals surface area contributed by atoms with Gasteiger partial charge in [-0.05, 0) is 105 Å². The van der Waals surface area contributed by atoms with E-state index in [1.807, 2.05) is 36.4 Å². The Hall–Kier alpha value is -2.45. The number of carbonyl (C=O) groups excluding carboxylic acids is 1. The predicted octanol–water partition coefficient (Wildman–Crippen LogP) is 7.33. The number of ether oxygens (including phenoxy) is 2. The first kappa shape index (κ1) is 30.2. The Labute approximate surface area is 263 Å². The fraction of sp³-hybridized carbons (Fsp3) is 0.649. The summed E-state index contributed by atoms with van der Waals surface area (Å²) in [5.41, 5.74) is 3.65. The van der Waals surface area contributed by atoms with Crippen molar-refractivity contribution < 1.29 is 19.4 Å². The van der Waals surface area contributed by atoms with Crippen molar-refractivity contribution in [1.29, 1.82) is 0 Å². The summed E-state index contributed by atoms with van der Waals surface area (Å²) in [7, 11) is 0. The maximum atomic E-state index is 13.3. The highest BCUT2D eigenvalue weighted by molar-refractivity contribution is 5.89. The lowest BCUT2D eigenvalue weighted by molar-refractivity contribution is -0.276. The lowest BCUT2D eigenvalue weighted by Crippen LogP contribution is -2.60. The number of carbonyl (C=O) groups is 1. The summed E-state index contributed by atoms with van der Waals surface area (Å²) in [4.78, 5) is 15.9. The van der Waals surface area contributed by atoms with Crippen LogP contribution in [0.5, 0.6) is 0 Å². The lowest BCUT2D eigenvalue weighted by Gasteiger charge is -2.56. The third kappa shape index (κ3) is 6.72. The topological polar surface area (TPSA) is 83.1 Å². The zero-order valence-electron chi connectivity index (χ0n) is 26.4. The zero-order valence-corrected chi connectivity index (χ0v) is 26.4. The minimum absolute atomic E-state index is 0.00620. The highest BCUT2D eigenvalue weighted by Crippen LogP contribution is 2.55. The van der Waals surface area contributed by atoms with Crippen molar-refractivity contribution in [2.75, 3.05) is 25.0 Å². The molecule has 2 aromatic rings. The molecule has 4 atom stereocenters. The van der Waals surface area contributed by atoms with Crippen molar-refractivity contribution in [3.63, 3.8) is 0 Å². The van der Waals surface area contributed by atoms with Gasteiger partial charge in [0.1, 0.15) is 0 Å². The van der Waals surface area contributed by atoms with Crippen LogP contribution in [0.15, 0.2) is 48.5 Å². The number of hydrogen-bond donors (Lipinski definition) is 3. The van der Waals surface area contributed by atoms with Gasteiger partial charge in [-0.25, -0.2) is 4.79 Å². The van der Waals surface area contributed by atoms with Gasteiger partial charge in [-0.2, -0.15) is 0 Å².